The first-order valence-electron chi connectivity index (χ1n) is 3.39. The Balaban J connectivity index is 2.56. The van der Waals surface area contributed by atoms with Crippen LogP contribution < -0.4 is 0 Å². The summed E-state index contributed by atoms with van der Waals surface area (Å²) in [5.74, 6) is 0. The number of nitrogens with zero attached hydrogens (tertiary/aromatic N) is 1. The van der Waals surface area contributed by atoms with Gasteiger partial charge in [-0.3, -0.25) is 4.98 Å². The van der Waals surface area contributed by atoms with Crippen LogP contribution in [0.2, 0.25) is 0 Å². The van der Waals surface area contributed by atoms with Gasteiger partial charge in [0, 0.05) is 12.4 Å². The zero-order chi connectivity index (χ0) is 8.10. The molecular weight excluding hydrogens is 142 g/mol. The largest absolute Gasteiger partial charge is 0.264 e. The highest BCUT2D eigenvalue weighted by Crippen LogP contribution is 2.02. The number of hydrogen-bond donors (Lipinski definition) is 0. The van der Waals surface area contributed by atoms with Gasteiger partial charge in [-0.25, -0.2) is 9.78 Å². The topological polar surface area (TPSA) is 31.4 Å². The maximum atomic E-state index is 4.73. The van der Waals surface area contributed by atoms with Crippen molar-refractivity contribution in [2.75, 3.05) is 7.11 Å². The van der Waals surface area contributed by atoms with Crippen molar-refractivity contribution in [1.82, 2.24) is 4.98 Å². The summed E-state index contributed by atoms with van der Waals surface area (Å²) >= 11 is 0. The van der Waals surface area contributed by atoms with Gasteiger partial charge in [0.2, 0.25) is 0 Å². The maximum Gasteiger partial charge on any atom is 0.109 e. The van der Waals surface area contributed by atoms with Crippen LogP contribution in [-0.2, 0) is 16.4 Å². The van der Waals surface area contributed by atoms with E-state index in [-0.39, 0.29) is 0 Å². The van der Waals surface area contributed by atoms with Crippen molar-refractivity contribution in [1.29, 1.82) is 0 Å². The molecule has 3 heteroatoms. The van der Waals surface area contributed by atoms with Crippen LogP contribution in [0, 0.1) is 6.92 Å². The second-order valence-electron chi connectivity index (χ2n) is 2.30. The van der Waals surface area contributed by atoms with Gasteiger partial charge in [0.05, 0.1) is 7.11 Å². The van der Waals surface area contributed by atoms with Gasteiger partial charge in [0.1, 0.15) is 6.61 Å². The minimum Gasteiger partial charge on any atom is -0.264 e. The average molecular weight is 153 g/mol. The molecule has 1 heterocycles. The van der Waals surface area contributed by atoms with E-state index in [0.29, 0.717) is 6.61 Å². The number of pyridine rings is 1. The van der Waals surface area contributed by atoms with E-state index in [2.05, 4.69) is 9.87 Å². The van der Waals surface area contributed by atoms with Gasteiger partial charge < -0.3 is 0 Å². The van der Waals surface area contributed by atoms with Crippen LogP contribution in [0.3, 0.4) is 0 Å². The van der Waals surface area contributed by atoms with Crippen LogP contribution in [0.25, 0.3) is 0 Å². The fourth-order valence-electron chi connectivity index (χ4n) is 0.823. The Morgan fingerprint density at radius 3 is 2.91 bits per heavy atom. The van der Waals surface area contributed by atoms with Gasteiger partial charge in [0.25, 0.3) is 0 Å². The molecular formula is C8H11NO2. The molecule has 0 aliphatic rings. The van der Waals surface area contributed by atoms with Gasteiger partial charge in [-0.15, -0.1) is 0 Å². The average Bonchev–Trinajstić information content (AvgIpc) is 2.01. The predicted molar refractivity (Wildman–Crippen MR) is 40.8 cm³/mol. The van der Waals surface area contributed by atoms with E-state index in [9.17, 15) is 0 Å². The summed E-state index contributed by atoms with van der Waals surface area (Å²) in [5, 5.41) is 0. The Hall–Kier alpha value is -0.930. The van der Waals surface area contributed by atoms with Crippen LogP contribution in [0.15, 0.2) is 18.5 Å². The Morgan fingerprint density at radius 1 is 1.45 bits per heavy atom. The molecule has 1 aromatic rings. The van der Waals surface area contributed by atoms with Crippen LogP contribution in [0.4, 0.5) is 0 Å². The lowest BCUT2D eigenvalue weighted by Gasteiger charge is -1.99. The second-order valence-corrected chi connectivity index (χ2v) is 2.30. The summed E-state index contributed by atoms with van der Waals surface area (Å²) in [6.07, 6.45) is 3.56. The predicted octanol–water partition coefficient (Wildman–Crippen LogP) is 1.47. The summed E-state index contributed by atoms with van der Waals surface area (Å²) in [5.41, 5.74) is 2.15. The molecule has 0 saturated carbocycles. The molecule has 0 saturated heterocycles. The van der Waals surface area contributed by atoms with Gasteiger partial charge in [0.15, 0.2) is 0 Å². The monoisotopic (exact) mass is 153 g/mol. The van der Waals surface area contributed by atoms with Crippen molar-refractivity contribution < 1.29 is 9.78 Å². The van der Waals surface area contributed by atoms with Crippen molar-refractivity contribution in [3.05, 3.63) is 29.6 Å². The number of aryl methyl sites for hydroxylation is 1. The highest BCUT2D eigenvalue weighted by molar-refractivity contribution is 5.15. The molecule has 0 fully saturated rings. The summed E-state index contributed by atoms with van der Waals surface area (Å²) in [4.78, 5) is 13.2. The standard InChI is InChI=1S/C8H11NO2/c1-7-3-8(5-9-4-7)6-11-10-2/h3-5H,6H2,1-2H3. The molecule has 3 nitrogen and oxygen atoms in total. The minimum absolute atomic E-state index is 0.450. The third kappa shape index (κ3) is 2.65. The molecule has 60 valence electrons. The lowest BCUT2D eigenvalue weighted by Crippen LogP contribution is -1.92. The third-order valence-corrected chi connectivity index (χ3v) is 1.28. The van der Waals surface area contributed by atoms with E-state index in [1.54, 1.807) is 12.4 Å². The zero-order valence-corrected chi connectivity index (χ0v) is 6.70. The molecule has 0 atom stereocenters. The lowest BCUT2D eigenvalue weighted by atomic mass is 10.2. The Labute approximate surface area is 65.9 Å². The summed E-state index contributed by atoms with van der Waals surface area (Å²) < 4.78 is 0. The highest BCUT2D eigenvalue weighted by Gasteiger charge is 1.92. The van der Waals surface area contributed by atoms with E-state index < -0.39 is 0 Å². The van der Waals surface area contributed by atoms with Gasteiger partial charge in [-0.05, 0) is 18.1 Å². The molecule has 0 bridgehead atoms. The van der Waals surface area contributed by atoms with Crippen molar-refractivity contribution in [3.63, 3.8) is 0 Å². The second kappa shape index (κ2) is 4.05. The summed E-state index contributed by atoms with van der Waals surface area (Å²) in [6, 6.07) is 2.01. The molecule has 1 aromatic heterocycles. The normalized spacial score (nSPS) is 10.0. The van der Waals surface area contributed by atoms with Gasteiger partial charge >= 0.3 is 0 Å². The first-order chi connectivity index (χ1) is 5.33. The fourth-order valence-corrected chi connectivity index (χ4v) is 0.823. The molecule has 0 unspecified atom stereocenters. The number of rotatable bonds is 3. The molecule has 0 spiro atoms. The molecule has 0 aliphatic carbocycles. The highest BCUT2D eigenvalue weighted by atomic mass is 17.2. The van der Waals surface area contributed by atoms with Gasteiger partial charge in [-0.1, -0.05) is 6.07 Å². The summed E-state index contributed by atoms with van der Waals surface area (Å²) in [7, 11) is 1.49. The summed E-state index contributed by atoms with van der Waals surface area (Å²) in [6.45, 7) is 2.44. The molecule has 0 aliphatic heterocycles. The van der Waals surface area contributed by atoms with Crippen LogP contribution in [0.1, 0.15) is 11.1 Å². The first kappa shape index (κ1) is 8.17. The van der Waals surface area contributed by atoms with Crippen molar-refractivity contribution in [3.8, 4) is 0 Å². The number of aromatic nitrogens is 1. The molecule has 0 radical (unpaired) electrons. The molecule has 0 N–H and O–H groups in total. The van der Waals surface area contributed by atoms with Crippen LogP contribution >= 0.6 is 0 Å². The van der Waals surface area contributed by atoms with E-state index >= 15 is 0 Å². The Morgan fingerprint density at radius 2 is 2.27 bits per heavy atom. The molecule has 0 amide bonds. The van der Waals surface area contributed by atoms with E-state index in [4.69, 9.17) is 4.89 Å². The maximum absolute atomic E-state index is 4.73. The third-order valence-electron chi connectivity index (χ3n) is 1.28. The van der Waals surface area contributed by atoms with Gasteiger partial charge in [-0.2, -0.15) is 0 Å². The smallest absolute Gasteiger partial charge is 0.109 e. The Kier molecular flexibility index (Phi) is 3.01. The quantitative estimate of drug-likeness (QED) is 0.486. The van der Waals surface area contributed by atoms with Crippen LogP contribution in [0.5, 0.6) is 0 Å². The minimum atomic E-state index is 0.450. The molecule has 0 aromatic carbocycles. The Bertz CT molecular complexity index is 225. The van der Waals surface area contributed by atoms with Crippen LogP contribution in [-0.4, -0.2) is 12.1 Å². The van der Waals surface area contributed by atoms with Crippen molar-refractivity contribution in [2.24, 2.45) is 0 Å². The fraction of sp³-hybridized carbons (Fsp3) is 0.375. The van der Waals surface area contributed by atoms with E-state index in [0.717, 1.165) is 11.1 Å². The zero-order valence-electron chi connectivity index (χ0n) is 6.70. The number of hydrogen-bond acceptors (Lipinski definition) is 3. The van der Waals surface area contributed by atoms with E-state index in [1.165, 1.54) is 7.11 Å². The van der Waals surface area contributed by atoms with Crippen molar-refractivity contribution in [2.45, 2.75) is 13.5 Å². The van der Waals surface area contributed by atoms with E-state index in [1.807, 2.05) is 13.0 Å². The van der Waals surface area contributed by atoms with Crippen molar-refractivity contribution >= 4 is 0 Å². The lowest BCUT2D eigenvalue weighted by molar-refractivity contribution is -0.282. The molecule has 11 heavy (non-hydrogen) atoms. The first-order valence-corrected chi connectivity index (χ1v) is 3.39. The SMILES string of the molecule is COOCc1cncc(C)c1. The molecule has 1 rings (SSSR count).